The number of aromatic nitrogens is 1. The predicted molar refractivity (Wildman–Crippen MR) is 96.3 cm³/mol. The third kappa shape index (κ3) is 3.22. The zero-order valence-electron chi connectivity index (χ0n) is 12.7. The predicted octanol–water partition coefficient (Wildman–Crippen LogP) is 4.12. The van der Waals surface area contributed by atoms with Crippen LogP contribution in [0.2, 0.25) is 0 Å². The molecule has 0 aliphatic carbocycles. The van der Waals surface area contributed by atoms with Gasteiger partial charge in [0.05, 0.1) is 5.52 Å². The number of nitrogens with zero attached hydrogens (tertiary/aromatic N) is 1. The van der Waals surface area contributed by atoms with Crippen LogP contribution in [0.1, 0.15) is 25.5 Å². The Morgan fingerprint density at radius 3 is 2.86 bits per heavy atom. The van der Waals surface area contributed by atoms with E-state index in [2.05, 4.69) is 79.0 Å². The molecule has 0 bridgehead atoms. The summed E-state index contributed by atoms with van der Waals surface area (Å²) in [4.78, 5) is 4.41. The van der Waals surface area contributed by atoms with E-state index in [0.717, 1.165) is 10.8 Å². The average molecular weight is 319 g/mol. The summed E-state index contributed by atoms with van der Waals surface area (Å²) in [6.45, 7) is 4.69. The van der Waals surface area contributed by atoms with Gasteiger partial charge in [0.25, 0.3) is 0 Å². The SMILES string of the molecule is CNC(c1ccc2ncccc2c1)C1CSC(C)C(C)S1. The molecule has 112 valence electrons. The maximum atomic E-state index is 4.41. The molecule has 4 unspecified atom stereocenters. The van der Waals surface area contributed by atoms with Crippen molar-refractivity contribution in [2.45, 2.75) is 35.6 Å². The highest BCUT2D eigenvalue weighted by atomic mass is 32.2. The van der Waals surface area contributed by atoms with Crippen LogP contribution in [-0.4, -0.2) is 33.5 Å². The molecule has 4 heteroatoms. The van der Waals surface area contributed by atoms with Gasteiger partial charge in [-0.05, 0) is 30.8 Å². The highest BCUT2D eigenvalue weighted by molar-refractivity contribution is 8.07. The van der Waals surface area contributed by atoms with E-state index in [-0.39, 0.29) is 0 Å². The zero-order valence-corrected chi connectivity index (χ0v) is 14.4. The summed E-state index contributed by atoms with van der Waals surface area (Å²) in [5.41, 5.74) is 2.45. The van der Waals surface area contributed by atoms with Crippen LogP contribution in [-0.2, 0) is 0 Å². The number of rotatable bonds is 3. The third-order valence-corrected chi connectivity index (χ3v) is 7.74. The Morgan fingerprint density at radius 2 is 2.10 bits per heavy atom. The molecule has 2 heterocycles. The Labute approximate surface area is 135 Å². The summed E-state index contributed by atoms with van der Waals surface area (Å²) in [6.07, 6.45) is 1.86. The standard InChI is InChI=1S/C17H22N2S2/c1-11-12(2)21-16(10-20-11)17(18-3)14-6-7-15-13(9-14)5-4-8-19-15/h4-9,11-12,16-18H,10H2,1-3H3. The van der Waals surface area contributed by atoms with Crippen LogP contribution < -0.4 is 5.32 Å². The van der Waals surface area contributed by atoms with Crippen LogP contribution in [0.5, 0.6) is 0 Å². The van der Waals surface area contributed by atoms with E-state index in [1.165, 1.54) is 16.7 Å². The van der Waals surface area contributed by atoms with E-state index in [1.54, 1.807) is 0 Å². The smallest absolute Gasteiger partial charge is 0.0702 e. The lowest BCUT2D eigenvalue weighted by Crippen LogP contribution is -2.35. The zero-order chi connectivity index (χ0) is 14.8. The van der Waals surface area contributed by atoms with Gasteiger partial charge in [-0.25, -0.2) is 0 Å². The van der Waals surface area contributed by atoms with Crippen LogP contribution in [0.25, 0.3) is 10.9 Å². The van der Waals surface area contributed by atoms with Gasteiger partial charge < -0.3 is 5.32 Å². The molecule has 0 saturated carbocycles. The summed E-state index contributed by atoms with van der Waals surface area (Å²) < 4.78 is 0. The van der Waals surface area contributed by atoms with Crippen molar-refractivity contribution < 1.29 is 0 Å². The molecular formula is C17H22N2S2. The molecule has 21 heavy (non-hydrogen) atoms. The van der Waals surface area contributed by atoms with Crippen molar-refractivity contribution in [2.24, 2.45) is 0 Å². The molecule has 0 amide bonds. The Morgan fingerprint density at radius 1 is 1.24 bits per heavy atom. The molecule has 3 rings (SSSR count). The first-order chi connectivity index (χ1) is 10.2. The van der Waals surface area contributed by atoms with Crippen molar-refractivity contribution in [1.82, 2.24) is 10.3 Å². The van der Waals surface area contributed by atoms with Crippen LogP contribution in [0.15, 0.2) is 36.5 Å². The number of benzene rings is 1. The fraction of sp³-hybridized carbons (Fsp3) is 0.471. The fourth-order valence-corrected chi connectivity index (χ4v) is 6.00. The minimum absolute atomic E-state index is 0.405. The molecule has 1 fully saturated rings. The first-order valence-corrected chi connectivity index (χ1v) is 9.47. The molecule has 1 saturated heterocycles. The average Bonchev–Trinajstić information content (AvgIpc) is 2.51. The molecule has 1 N–H and O–H groups in total. The fourth-order valence-electron chi connectivity index (χ4n) is 2.84. The van der Waals surface area contributed by atoms with Gasteiger partial charge in [-0.3, -0.25) is 4.98 Å². The second-order valence-corrected chi connectivity index (χ2v) is 8.67. The molecule has 1 aliphatic rings. The van der Waals surface area contributed by atoms with Gasteiger partial charge in [0.1, 0.15) is 0 Å². The molecule has 2 nitrogen and oxygen atoms in total. The van der Waals surface area contributed by atoms with Gasteiger partial charge in [-0.2, -0.15) is 23.5 Å². The highest BCUT2D eigenvalue weighted by Gasteiger charge is 2.31. The second-order valence-electron chi connectivity index (χ2n) is 5.64. The summed E-state index contributed by atoms with van der Waals surface area (Å²) in [7, 11) is 2.08. The van der Waals surface area contributed by atoms with Gasteiger partial charge in [-0.1, -0.05) is 26.0 Å². The van der Waals surface area contributed by atoms with Crippen LogP contribution in [0.4, 0.5) is 0 Å². The van der Waals surface area contributed by atoms with Crippen LogP contribution in [0.3, 0.4) is 0 Å². The lowest BCUT2D eigenvalue weighted by molar-refractivity contribution is 0.589. The number of hydrogen-bond acceptors (Lipinski definition) is 4. The van der Waals surface area contributed by atoms with Crippen molar-refractivity contribution in [2.75, 3.05) is 12.8 Å². The van der Waals surface area contributed by atoms with E-state index in [1.807, 2.05) is 12.3 Å². The van der Waals surface area contributed by atoms with E-state index in [9.17, 15) is 0 Å². The van der Waals surface area contributed by atoms with E-state index in [0.29, 0.717) is 16.5 Å². The van der Waals surface area contributed by atoms with Crippen molar-refractivity contribution in [3.05, 3.63) is 42.1 Å². The maximum absolute atomic E-state index is 4.41. The highest BCUT2D eigenvalue weighted by Crippen LogP contribution is 2.41. The second kappa shape index (κ2) is 6.59. The lowest BCUT2D eigenvalue weighted by atomic mass is 10.0. The van der Waals surface area contributed by atoms with E-state index in [4.69, 9.17) is 0 Å². The topological polar surface area (TPSA) is 24.9 Å². The van der Waals surface area contributed by atoms with Crippen molar-refractivity contribution in [1.29, 1.82) is 0 Å². The Kier molecular flexibility index (Phi) is 4.77. The molecule has 2 aromatic rings. The molecule has 1 aromatic heterocycles. The largest absolute Gasteiger partial charge is 0.312 e. The monoisotopic (exact) mass is 318 g/mol. The summed E-state index contributed by atoms with van der Waals surface area (Å²) in [5, 5.41) is 6.85. The number of fused-ring (bicyclic) bond motifs is 1. The molecule has 0 spiro atoms. The molecule has 1 aromatic carbocycles. The Hall–Kier alpha value is -0.710. The third-order valence-electron chi connectivity index (χ3n) is 4.24. The molecular weight excluding hydrogens is 296 g/mol. The first kappa shape index (κ1) is 15.2. The van der Waals surface area contributed by atoms with Crippen LogP contribution in [0, 0.1) is 0 Å². The Bertz CT molecular complexity index is 617. The molecule has 0 radical (unpaired) electrons. The van der Waals surface area contributed by atoms with Gasteiger partial charge >= 0.3 is 0 Å². The van der Waals surface area contributed by atoms with Crippen molar-refractivity contribution >= 4 is 34.4 Å². The maximum Gasteiger partial charge on any atom is 0.0702 e. The minimum Gasteiger partial charge on any atom is -0.312 e. The quantitative estimate of drug-likeness (QED) is 0.920. The van der Waals surface area contributed by atoms with Gasteiger partial charge in [0, 0.05) is 39.1 Å². The molecule has 1 aliphatic heterocycles. The van der Waals surface area contributed by atoms with E-state index < -0.39 is 0 Å². The lowest BCUT2D eigenvalue weighted by Gasteiger charge is -2.36. The van der Waals surface area contributed by atoms with Gasteiger partial charge in [0.2, 0.25) is 0 Å². The van der Waals surface area contributed by atoms with Crippen molar-refractivity contribution in [3.63, 3.8) is 0 Å². The normalized spacial score (nSPS) is 27.7. The van der Waals surface area contributed by atoms with Gasteiger partial charge in [0.15, 0.2) is 0 Å². The number of thioether (sulfide) groups is 2. The number of pyridine rings is 1. The summed E-state index contributed by atoms with van der Waals surface area (Å²) in [5.74, 6) is 1.22. The molecule has 4 atom stereocenters. The van der Waals surface area contributed by atoms with Crippen LogP contribution >= 0.6 is 23.5 Å². The van der Waals surface area contributed by atoms with Gasteiger partial charge in [-0.15, -0.1) is 0 Å². The van der Waals surface area contributed by atoms with E-state index >= 15 is 0 Å². The summed E-state index contributed by atoms with van der Waals surface area (Å²) in [6, 6.07) is 11.2. The summed E-state index contributed by atoms with van der Waals surface area (Å²) >= 11 is 4.23. The number of hydrogen-bond donors (Lipinski definition) is 1. The minimum atomic E-state index is 0.405. The Balaban J connectivity index is 1.87. The first-order valence-electron chi connectivity index (χ1n) is 7.48. The van der Waals surface area contributed by atoms with Crippen molar-refractivity contribution in [3.8, 4) is 0 Å². The number of nitrogens with one attached hydrogen (secondary N) is 1.